The molecule has 5 nitrogen and oxygen atoms in total. The smallest absolute Gasteiger partial charge is 0.226 e. The van der Waals surface area contributed by atoms with Crippen LogP contribution in [0.1, 0.15) is 35.5 Å². The van der Waals surface area contributed by atoms with Crippen molar-refractivity contribution in [3.63, 3.8) is 0 Å². The Morgan fingerprint density at radius 2 is 2.23 bits per heavy atom. The van der Waals surface area contributed by atoms with Crippen molar-refractivity contribution >= 4 is 17.2 Å². The summed E-state index contributed by atoms with van der Waals surface area (Å²) in [6.07, 6.45) is 2.89. The summed E-state index contributed by atoms with van der Waals surface area (Å²) in [5, 5.41) is 2.95. The number of aromatic nitrogens is 1. The van der Waals surface area contributed by atoms with Gasteiger partial charge >= 0.3 is 0 Å². The van der Waals surface area contributed by atoms with Gasteiger partial charge in [-0.05, 0) is 43.9 Å². The van der Waals surface area contributed by atoms with Gasteiger partial charge in [0.05, 0.1) is 12.2 Å². The van der Waals surface area contributed by atoms with Gasteiger partial charge in [-0.1, -0.05) is 12.1 Å². The molecule has 0 atom stereocenters. The van der Waals surface area contributed by atoms with Gasteiger partial charge in [-0.15, -0.1) is 11.3 Å². The molecular weight excluding hydrogens is 348 g/mol. The first-order valence-corrected chi connectivity index (χ1v) is 9.94. The van der Waals surface area contributed by atoms with Crippen LogP contribution in [0.25, 0.3) is 0 Å². The van der Waals surface area contributed by atoms with Crippen LogP contribution in [-0.2, 0) is 22.7 Å². The van der Waals surface area contributed by atoms with E-state index in [1.54, 1.807) is 18.4 Å². The summed E-state index contributed by atoms with van der Waals surface area (Å²) in [7, 11) is 1.69. The Morgan fingerprint density at radius 1 is 1.38 bits per heavy atom. The number of amides is 1. The van der Waals surface area contributed by atoms with Gasteiger partial charge in [0, 0.05) is 31.6 Å². The lowest BCUT2D eigenvalue weighted by atomic mass is 10.2. The van der Waals surface area contributed by atoms with Gasteiger partial charge in [0.15, 0.2) is 0 Å². The Bertz CT molecular complexity index is 727. The lowest BCUT2D eigenvalue weighted by molar-refractivity contribution is -0.133. The fraction of sp³-hybridized carbons (Fsp3) is 0.500. The highest BCUT2D eigenvalue weighted by Crippen LogP contribution is 2.31. The molecule has 0 bridgehead atoms. The largest absolute Gasteiger partial charge is 0.486 e. The minimum absolute atomic E-state index is 0.223. The number of methoxy groups -OCH3 is 1. The number of thiazole rings is 1. The van der Waals surface area contributed by atoms with Crippen LogP contribution in [0.15, 0.2) is 29.6 Å². The minimum atomic E-state index is 0.223. The highest BCUT2D eigenvalue weighted by Gasteiger charge is 2.33. The molecule has 140 valence electrons. The Labute approximate surface area is 159 Å². The number of rotatable bonds is 10. The highest BCUT2D eigenvalue weighted by molar-refractivity contribution is 7.09. The summed E-state index contributed by atoms with van der Waals surface area (Å²) in [6.45, 7) is 4.45. The molecule has 6 heteroatoms. The normalized spacial score (nSPS) is 13.6. The molecule has 1 fully saturated rings. The van der Waals surface area contributed by atoms with E-state index < -0.39 is 0 Å². The molecule has 0 N–H and O–H groups in total. The van der Waals surface area contributed by atoms with Gasteiger partial charge in [0.25, 0.3) is 0 Å². The van der Waals surface area contributed by atoms with Crippen molar-refractivity contribution in [1.29, 1.82) is 0 Å². The summed E-state index contributed by atoms with van der Waals surface area (Å²) >= 11 is 1.58. The van der Waals surface area contributed by atoms with E-state index in [0.29, 0.717) is 19.8 Å². The first kappa shape index (κ1) is 18.9. The van der Waals surface area contributed by atoms with E-state index in [1.807, 2.05) is 41.5 Å². The van der Waals surface area contributed by atoms with Gasteiger partial charge in [0.1, 0.15) is 17.4 Å². The molecular formula is C20H26N2O3S. The topological polar surface area (TPSA) is 51.7 Å². The SMILES string of the molecule is COCCCN(Cc1csc(COc2cccc(C)c2)n1)C(=O)C1CC1. The molecule has 0 unspecified atom stereocenters. The average Bonchev–Trinajstić information content (AvgIpc) is 3.39. The molecule has 3 rings (SSSR count). The van der Waals surface area contributed by atoms with Crippen molar-refractivity contribution in [2.24, 2.45) is 5.92 Å². The third-order valence-electron chi connectivity index (χ3n) is 4.32. The van der Waals surface area contributed by atoms with Crippen LogP contribution in [0.5, 0.6) is 5.75 Å². The lowest BCUT2D eigenvalue weighted by Gasteiger charge is -2.21. The predicted molar refractivity (Wildman–Crippen MR) is 102 cm³/mol. The van der Waals surface area contributed by atoms with Crippen LogP contribution < -0.4 is 4.74 Å². The molecule has 1 amide bonds. The predicted octanol–water partition coefficient (Wildman–Crippen LogP) is 3.81. The monoisotopic (exact) mass is 374 g/mol. The Balaban J connectivity index is 1.55. The second-order valence-electron chi connectivity index (χ2n) is 6.72. The molecule has 26 heavy (non-hydrogen) atoms. The van der Waals surface area contributed by atoms with Crippen molar-refractivity contribution < 1.29 is 14.3 Å². The summed E-state index contributed by atoms with van der Waals surface area (Å²) in [5.74, 6) is 1.33. The zero-order valence-corrected chi connectivity index (χ0v) is 16.3. The molecule has 0 radical (unpaired) electrons. The van der Waals surface area contributed by atoms with E-state index in [2.05, 4.69) is 4.98 Å². The van der Waals surface area contributed by atoms with Crippen LogP contribution in [0.3, 0.4) is 0 Å². The maximum absolute atomic E-state index is 12.5. The van der Waals surface area contributed by atoms with E-state index in [4.69, 9.17) is 9.47 Å². The number of carbonyl (C=O) groups excluding carboxylic acids is 1. The second kappa shape index (κ2) is 9.14. The maximum atomic E-state index is 12.5. The van der Waals surface area contributed by atoms with Gasteiger partial charge in [-0.25, -0.2) is 4.98 Å². The number of ether oxygens (including phenoxy) is 2. The van der Waals surface area contributed by atoms with Crippen molar-refractivity contribution in [3.8, 4) is 5.75 Å². The minimum Gasteiger partial charge on any atom is -0.486 e. The van der Waals surface area contributed by atoms with Crippen molar-refractivity contribution in [1.82, 2.24) is 9.88 Å². The molecule has 1 aromatic heterocycles. The number of carbonyl (C=O) groups is 1. The van der Waals surface area contributed by atoms with Gasteiger partial charge in [0.2, 0.25) is 5.91 Å². The molecule has 1 aliphatic rings. The molecule has 0 saturated heterocycles. The Morgan fingerprint density at radius 3 is 2.96 bits per heavy atom. The fourth-order valence-corrected chi connectivity index (χ4v) is 3.49. The van der Waals surface area contributed by atoms with Crippen molar-refractivity contribution in [3.05, 3.63) is 45.9 Å². The molecule has 0 aliphatic heterocycles. The average molecular weight is 375 g/mol. The van der Waals surface area contributed by atoms with Crippen molar-refractivity contribution in [2.75, 3.05) is 20.3 Å². The van der Waals surface area contributed by atoms with E-state index in [1.165, 1.54) is 5.56 Å². The zero-order valence-electron chi connectivity index (χ0n) is 15.4. The third-order valence-corrected chi connectivity index (χ3v) is 5.19. The van der Waals surface area contributed by atoms with Crippen LogP contribution >= 0.6 is 11.3 Å². The number of hydrogen-bond donors (Lipinski definition) is 0. The van der Waals surface area contributed by atoms with Crippen LogP contribution in [0.4, 0.5) is 0 Å². The molecule has 1 aliphatic carbocycles. The number of aryl methyl sites for hydroxylation is 1. The van der Waals surface area contributed by atoms with Crippen LogP contribution in [-0.4, -0.2) is 36.1 Å². The maximum Gasteiger partial charge on any atom is 0.226 e. The molecule has 2 aromatic rings. The first-order chi connectivity index (χ1) is 12.7. The first-order valence-electron chi connectivity index (χ1n) is 9.06. The second-order valence-corrected chi connectivity index (χ2v) is 7.66. The van der Waals surface area contributed by atoms with Gasteiger partial charge in [-0.2, -0.15) is 0 Å². The molecule has 0 spiro atoms. The van der Waals surface area contributed by atoms with Crippen molar-refractivity contribution in [2.45, 2.75) is 39.3 Å². The quantitative estimate of drug-likeness (QED) is 0.594. The summed E-state index contributed by atoms with van der Waals surface area (Å²) < 4.78 is 10.9. The fourth-order valence-electron chi connectivity index (χ4n) is 2.79. The van der Waals surface area contributed by atoms with Gasteiger partial charge in [-0.3, -0.25) is 4.79 Å². The number of benzene rings is 1. The van der Waals surface area contributed by atoms with E-state index in [9.17, 15) is 4.79 Å². The molecule has 1 heterocycles. The molecule has 1 aromatic carbocycles. The zero-order chi connectivity index (χ0) is 18.4. The van der Waals surface area contributed by atoms with E-state index >= 15 is 0 Å². The van der Waals surface area contributed by atoms with Crippen LogP contribution in [0.2, 0.25) is 0 Å². The number of hydrogen-bond acceptors (Lipinski definition) is 5. The Hall–Kier alpha value is -1.92. The van der Waals surface area contributed by atoms with Crippen LogP contribution in [0, 0.1) is 12.8 Å². The summed E-state index contributed by atoms with van der Waals surface area (Å²) in [6, 6.07) is 8.00. The lowest BCUT2D eigenvalue weighted by Crippen LogP contribution is -2.33. The standard InChI is InChI=1S/C20H26N2O3S/c1-15-5-3-6-18(11-15)25-13-19-21-17(14-26-19)12-22(9-4-10-24-2)20(23)16-7-8-16/h3,5-6,11,14,16H,4,7-10,12-13H2,1-2H3. The van der Waals surface area contributed by atoms with Gasteiger partial charge < -0.3 is 14.4 Å². The third kappa shape index (κ3) is 5.54. The van der Waals surface area contributed by atoms with E-state index in [0.717, 1.165) is 42.3 Å². The molecule has 1 saturated carbocycles. The summed E-state index contributed by atoms with van der Waals surface area (Å²) in [5.41, 5.74) is 2.11. The highest BCUT2D eigenvalue weighted by atomic mass is 32.1. The number of nitrogens with zero attached hydrogens (tertiary/aromatic N) is 2. The van der Waals surface area contributed by atoms with E-state index in [-0.39, 0.29) is 11.8 Å². The summed E-state index contributed by atoms with van der Waals surface area (Å²) in [4.78, 5) is 19.1. The Kier molecular flexibility index (Phi) is 6.63.